The van der Waals surface area contributed by atoms with Gasteiger partial charge in [-0.05, 0) is 70.7 Å². The van der Waals surface area contributed by atoms with E-state index in [-0.39, 0.29) is 11.0 Å². The van der Waals surface area contributed by atoms with Gasteiger partial charge in [0.2, 0.25) is 0 Å². The maximum atomic E-state index is 6.59. The second kappa shape index (κ2) is 8.88. The van der Waals surface area contributed by atoms with Crippen molar-refractivity contribution >= 4 is 27.9 Å². The van der Waals surface area contributed by atoms with Gasteiger partial charge in [-0.1, -0.05) is 22.1 Å². The van der Waals surface area contributed by atoms with Gasteiger partial charge in [0.05, 0.1) is 5.71 Å². The first kappa shape index (κ1) is 23.7. The Bertz CT molecular complexity index is 920. The van der Waals surface area contributed by atoms with Gasteiger partial charge in [0.1, 0.15) is 12.0 Å². The van der Waals surface area contributed by atoms with Crippen molar-refractivity contribution in [2.75, 3.05) is 45.2 Å². The zero-order chi connectivity index (χ0) is 22.9. The van der Waals surface area contributed by atoms with Gasteiger partial charge in [0, 0.05) is 50.0 Å². The number of anilines is 1. The standard InChI is InChI=1S/C25H37N3O2S/c1-24(2,3)31(7,8)30-19-12-13-21(28(6)23-11-9-10-16-29-23)20(17-19)25(14-15-25)22(27-5)18-26-4/h12-13,17-18,23H,9-11,16H2,1-8H3. The van der Waals surface area contributed by atoms with E-state index in [1.54, 1.807) is 20.3 Å². The Balaban J connectivity index is 2.05. The van der Waals surface area contributed by atoms with Crippen LogP contribution in [-0.2, 0) is 10.2 Å². The van der Waals surface area contributed by atoms with E-state index in [0.29, 0.717) is 0 Å². The highest BCUT2D eigenvalue weighted by Crippen LogP contribution is 2.54. The van der Waals surface area contributed by atoms with Gasteiger partial charge in [0.15, 0.2) is 5.41 Å². The van der Waals surface area contributed by atoms with Gasteiger partial charge in [-0.15, -0.1) is 0 Å². The van der Waals surface area contributed by atoms with Crippen molar-refractivity contribution in [2.24, 2.45) is 9.98 Å². The maximum absolute atomic E-state index is 6.59. The van der Waals surface area contributed by atoms with Gasteiger partial charge >= 0.3 is 0 Å². The summed E-state index contributed by atoms with van der Waals surface area (Å²) >= 11 is 0. The Morgan fingerprint density at radius 2 is 1.97 bits per heavy atom. The minimum atomic E-state index is -1.32. The van der Waals surface area contributed by atoms with Crippen LogP contribution >= 0.6 is 10.3 Å². The monoisotopic (exact) mass is 443 g/mol. The highest BCUT2D eigenvalue weighted by Gasteiger charge is 2.44. The van der Waals surface area contributed by atoms with Gasteiger partial charge < -0.3 is 13.8 Å². The molecule has 1 aromatic carbocycles. The zero-order valence-electron chi connectivity index (χ0n) is 20.3. The van der Waals surface area contributed by atoms with E-state index in [2.05, 4.69) is 85.3 Å². The van der Waals surface area contributed by atoms with Crippen LogP contribution in [0.2, 0.25) is 0 Å². The normalized spacial score (nSPS) is 21.4. The van der Waals surface area contributed by atoms with Crippen molar-refractivity contribution in [2.45, 2.75) is 56.4 Å². The van der Waals surface area contributed by atoms with Gasteiger partial charge in [-0.3, -0.25) is 9.98 Å². The summed E-state index contributed by atoms with van der Waals surface area (Å²) < 4.78 is 12.7. The van der Waals surface area contributed by atoms with E-state index < -0.39 is 15.7 Å². The molecule has 1 atom stereocenters. The third kappa shape index (κ3) is 4.78. The molecule has 1 saturated heterocycles. The van der Waals surface area contributed by atoms with Crippen molar-refractivity contribution < 1.29 is 8.92 Å². The molecule has 31 heavy (non-hydrogen) atoms. The lowest BCUT2D eigenvalue weighted by molar-refractivity contribution is 0.0173. The van der Waals surface area contributed by atoms with Crippen molar-refractivity contribution in [3.05, 3.63) is 23.8 Å². The first-order chi connectivity index (χ1) is 14.6. The molecular weight excluding hydrogens is 406 g/mol. The molecular formula is C25H37N3O2S. The Morgan fingerprint density at radius 3 is 2.48 bits per heavy atom. The first-order valence-electron chi connectivity index (χ1n) is 10.9. The molecule has 1 aromatic rings. The summed E-state index contributed by atoms with van der Waals surface area (Å²) in [6.07, 6.45) is 9.62. The predicted molar refractivity (Wildman–Crippen MR) is 135 cm³/mol. The lowest BCUT2D eigenvalue weighted by atomic mass is 9.85. The summed E-state index contributed by atoms with van der Waals surface area (Å²) in [4.78, 5) is 11.0. The Labute approximate surface area is 189 Å². The smallest absolute Gasteiger partial charge is 0.162 e. The zero-order valence-corrected chi connectivity index (χ0v) is 21.1. The third-order valence-corrected chi connectivity index (χ3v) is 9.93. The van der Waals surface area contributed by atoms with E-state index in [1.807, 2.05) is 0 Å². The summed E-state index contributed by atoms with van der Waals surface area (Å²) in [7, 11) is 4.34. The molecule has 0 radical (unpaired) electrons. The number of rotatable bonds is 7. The molecule has 0 N–H and O–H groups in total. The molecule has 1 fully saturated rings. The molecule has 5 nitrogen and oxygen atoms in total. The maximum Gasteiger partial charge on any atom is 0.162 e. The minimum absolute atomic E-state index is 0.0635. The van der Waals surface area contributed by atoms with Crippen molar-refractivity contribution in [3.8, 4) is 17.6 Å². The van der Waals surface area contributed by atoms with Crippen molar-refractivity contribution in [1.29, 1.82) is 0 Å². The molecule has 0 amide bonds. The van der Waals surface area contributed by atoms with E-state index in [0.717, 1.165) is 42.2 Å². The van der Waals surface area contributed by atoms with Crippen LogP contribution in [0.5, 0.6) is 5.75 Å². The number of benzene rings is 1. The van der Waals surface area contributed by atoms with Crippen LogP contribution in [0.15, 0.2) is 28.2 Å². The Morgan fingerprint density at radius 1 is 1.26 bits per heavy atom. The lowest BCUT2D eigenvalue weighted by Gasteiger charge is -2.44. The highest BCUT2D eigenvalue weighted by molar-refractivity contribution is 8.30. The summed E-state index contributed by atoms with van der Waals surface area (Å²) in [6.45, 7) is 7.51. The third-order valence-electron chi connectivity index (χ3n) is 6.37. The fourth-order valence-electron chi connectivity index (χ4n) is 3.63. The van der Waals surface area contributed by atoms with Crippen molar-refractivity contribution in [1.82, 2.24) is 0 Å². The molecule has 6 heteroatoms. The summed E-state index contributed by atoms with van der Waals surface area (Å²) in [6, 6.07) is 6.35. The van der Waals surface area contributed by atoms with Crippen LogP contribution in [0.1, 0.15) is 45.6 Å². The number of hydrogen-bond acceptors (Lipinski definition) is 5. The molecule has 1 aliphatic carbocycles. The molecule has 0 aromatic heterocycles. The van der Waals surface area contributed by atoms with Crippen LogP contribution < -0.4 is 9.08 Å². The topological polar surface area (TPSA) is 46.4 Å². The van der Waals surface area contributed by atoms with Gasteiger partial charge in [-0.25, -0.2) is 0 Å². The summed E-state index contributed by atoms with van der Waals surface area (Å²) in [5.41, 5.74) is 2.39. The lowest BCUT2D eigenvalue weighted by Crippen LogP contribution is -2.38. The van der Waals surface area contributed by atoms with E-state index in [4.69, 9.17) is 8.92 Å². The molecule has 1 heterocycles. The quantitative estimate of drug-likeness (QED) is 0.448. The SMILES string of the molecule is CN=CC(=NC)C1(c2cc(OS(C)(C)C(C)(C)C)ccc2N(C)C2CCCCO2)C#C1. The van der Waals surface area contributed by atoms with Gasteiger partial charge in [-0.2, -0.15) is 0 Å². The Hall–Kier alpha value is -1.97. The molecule has 1 unspecified atom stereocenters. The highest BCUT2D eigenvalue weighted by atomic mass is 32.3. The van der Waals surface area contributed by atoms with Crippen molar-refractivity contribution in [3.63, 3.8) is 0 Å². The van der Waals surface area contributed by atoms with Crippen LogP contribution in [0.4, 0.5) is 5.69 Å². The average molecular weight is 444 g/mol. The minimum Gasteiger partial charge on any atom is -0.449 e. The molecule has 0 bridgehead atoms. The van der Waals surface area contributed by atoms with Crippen LogP contribution in [-0.4, -0.2) is 63.2 Å². The van der Waals surface area contributed by atoms with E-state index >= 15 is 0 Å². The summed E-state index contributed by atoms with van der Waals surface area (Å²) in [5, 5.41) is 0. The number of ether oxygens (including phenoxy) is 1. The summed E-state index contributed by atoms with van der Waals surface area (Å²) in [5.74, 6) is 7.53. The van der Waals surface area contributed by atoms with Crippen LogP contribution in [0, 0.1) is 11.8 Å². The molecule has 1 aliphatic heterocycles. The second-order valence-corrected chi connectivity index (χ2v) is 13.4. The molecule has 0 saturated carbocycles. The molecule has 3 rings (SSSR count). The van der Waals surface area contributed by atoms with E-state index in [1.165, 1.54) is 6.42 Å². The van der Waals surface area contributed by atoms with E-state index in [9.17, 15) is 0 Å². The number of hydrogen-bond donors (Lipinski definition) is 0. The first-order valence-corrected chi connectivity index (χ1v) is 13.3. The number of nitrogens with zero attached hydrogens (tertiary/aromatic N) is 3. The van der Waals surface area contributed by atoms with Crippen LogP contribution in [0.3, 0.4) is 0 Å². The van der Waals surface area contributed by atoms with Gasteiger partial charge in [0.25, 0.3) is 0 Å². The van der Waals surface area contributed by atoms with Crippen LogP contribution in [0.25, 0.3) is 0 Å². The number of aliphatic imine (C=N–C) groups is 2. The molecule has 170 valence electrons. The average Bonchev–Trinajstić information content (AvgIpc) is 3.53. The molecule has 2 aliphatic rings. The second-order valence-electron chi connectivity index (χ2n) is 9.54. The fourth-order valence-corrected chi connectivity index (χ4v) is 4.47. The largest absolute Gasteiger partial charge is 0.449 e. The Kier molecular flexibility index (Phi) is 6.78. The predicted octanol–water partition coefficient (Wildman–Crippen LogP) is 4.83. The fraction of sp³-hybridized carbons (Fsp3) is 0.600. The molecule has 0 spiro atoms.